The number of hydrogen-bond acceptors (Lipinski definition) is 6. The van der Waals surface area contributed by atoms with Crippen molar-refractivity contribution in [3.8, 4) is 0 Å². The van der Waals surface area contributed by atoms with Crippen LogP contribution >= 0.6 is 0 Å². The second-order valence-electron chi connectivity index (χ2n) is 10.2. The molecule has 4 rings (SSSR count). The summed E-state index contributed by atoms with van der Waals surface area (Å²) >= 11 is 0. The van der Waals surface area contributed by atoms with E-state index in [-0.39, 0.29) is 37.4 Å². The minimum Gasteiger partial charge on any atom is -0.366 e. The predicted molar refractivity (Wildman–Crippen MR) is 144 cm³/mol. The summed E-state index contributed by atoms with van der Waals surface area (Å²) in [5.74, 6) is -0.941. The number of hydrogen-bond donors (Lipinski definition) is 0. The normalized spacial score (nSPS) is 20.6. The lowest BCUT2D eigenvalue weighted by molar-refractivity contribution is -0.205. The number of halogens is 6. The molecule has 1 saturated heterocycles. The number of ether oxygens (including phenoxy) is 3. The predicted octanol–water partition coefficient (Wildman–Crippen LogP) is 7.12. The highest BCUT2D eigenvalue weighted by atomic mass is 32.2. The third-order valence-corrected chi connectivity index (χ3v) is 7.50. The van der Waals surface area contributed by atoms with Crippen LogP contribution < -0.4 is 0 Å². The van der Waals surface area contributed by atoms with Crippen molar-refractivity contribution >= 4 is 10.1 Å². The highest BCUT2D eigenvalue weighted by molar-refractivity contribution is 7.85. The molecule has 0 aromatic heterocycles. The van der Waals surface area contributed by atoms with Crippen LogP contribution in [-0.4, -0.2) is 40.8 Å². The number of alkyl halides is 6. The van der Waals surface area contributed by atoms with E-state index >= 15 is 0 Å². The minimum atomic E-state index is -5.04. The molecule has 3 aromatic carbocycles. The molecular formula is C30H30F6O6S. The first kappa shape index (κ1) is 32.9. The van der Waals surface area contributed by atoms with Gasteiger partial charge in [-0.1, -0.05) is 60.7 Å². The summed E-state index contributed by atoms with van der Waals surface area (Å²) in [6.07, 6.45) is -11.1. The molecule has 0 radical (unpaired) electrons. The van der Waals surface area contributed by atoms with Gasteiger partial charge in [-0.15, -0.1) is 0 Å². The first-order valence-electron chi connectivity index (χ1n) is 13.3. The summed E-state index contributed by atoms with van der Waals surface area (Å²) in [5, 5.41) is 0. The smallest absolute Gasteiger partial charge is 0.366 e. The van der Waals surface area contributed by atoms with Gasteiger partial charge in [-0.05, 0) is 47.2 Å². The maximum absolute atomic E-state index is 13.7. The molecule has 234 valence electrons. The van der Waals surface area contributed by atoms with E-state index in [1.54, 1.807) is 60.7 Å². The van der Waals surface area contributed by atoms with Gasteiger partial charge < -0.3 is 14.2 Å². The molecule has 1 heterocycles. The highest BCUT2D eigenvalue weighted by Gasteiger charge is 2.40. The van der Waals surface area contributed by atoms with Crippen molar-refractivity contribution in [1.82, 2.24) is 0 Å². The van der Waals surface area contributed by atoms with E-state index < -0.39 is 58.5 Å². The molecule has 0 spiro atoms. The van der Waals surface area contributed by atoms with Gasteiger partial charge in [-0.25, -0.2) is 0 Å². The monoisotopic (exact) mass is 632 g/mol. The van der Waals surface area contributed by atoms with E-state index in [0.717, 1.165) is 11.8 Å². The first-order chi connectivity index (χ1) is 20.2. The molecule has 13 heteroatoms. The van der Waals surface area contributed by atoms with Crippen LogP contribution in [0.2, 0.25) is 0 Å². The molecule has 43 heavy (non-hydrogen) atoms. The molecule has 4 atom stereocenters. The second kappa shape index (κ2) is 13.8. The maximum Gasteiger partial charge on any atom is 0.416 e. The van der Waals surface area contributed by atoms with Gasteiger partial charge >= 0.3 is 12.4 Å². The maximum atomic E-state index is 13.7. The van der Waals surface area contributed by atoms with Gasteiger partial charge in [0, 0.05) is 5.92 Å². The van der Waals surface area contributed by atoms with Crippen LogP contribution in [-0.2, 0) is 47.5 Å². The fourth-order valence-electron chi connectivity index (χ4n) is 4.85. The quantitative estimate of drug-likeness (QED) is 0.166. The van der Waals surface area contributed by atoms with Gasteiger partial charge in [0.2, 0.25) is 0 Å². The van der Waals surface area contributed by atoms with Crippen molar-refractivity contribution in [2.24, 2.45) is 5.92 Å². The third kappa shape index (κ3) is 9.51. The zero-order chi connectivity index (χ0) is 31.3. The third-order valence-electron chi connectivity index (χ3n) is 6.94. The van der Waals surface area contributed by atoms with Crippen molar-refractivity contribution < 1.29 is 53.2 Å². The van der Waals surface area contributed by atoms with Crippen LogP contribution in [0.25, 0.3) is 0 Å². The Bertz CT molecular complexity index is 1400. The molecule has 6 nitrogen and oxygen atoms in total. The Hall–Kier alpha value is -2.97. The molecule has 1 aliphatic rings. The summed E-state index contributed by atoms with van der Waals surface area (Å²) in [5.41, 5.74) is -1.94. The number of benzene rings is 3. The van der Waals surface area contributed by atoms with Crippen LogP contribution in [0.4, 0.5) is 26.3 Å². The van der Waals surface area contributed by atoms with E-state index in [1.165, 1.54) is 0 Å². The molecule has 3 aromatic rings. The topological polar surface area (TPSA) is 71.1 Å². The van der Waals surface area contributed by atoms with Crippen molar-refractivity contribution in [1.29, 1.82) is 0 Å². The van der Waals surface area contributed by atoms with Crippen molar-refractivity contribution in [3.05, 3.63) is 107 Å². The Kier molecular flexibility index (Phi) is 10.5. The average Bonchev–Trinajstić information content (AvgIpc) is 2.95. The molecular weight excluding hydrogens is 602 g/mol. The minimum absolute atomic E-state index is 0.0562. The summed E-state index contributed by atoms with van der Waals surface area (Å²) in [6, 6.07) is 18.8. The van der Waals surface area contributed by atoms with Crippen molar-refractivity contribution in [2.45, 2.75) is 43.7 Å². The molecule has 0 saturated carbocycles. The lowest BCUT2D eigenvalue weighted by Crippen LogP contribution is -2.39. The Balaban J connectivity index is 1.66. The lowest BCUT2D eigenvalue weighted by Gasteiger charge is -2.38. The van der Waals surface area contributed by atoms with Gasteiger partial charge in [0.1, 0.15) is 6.10 Å². The van der Waals surface area contributed by atoms with Gasteiger partial charge in [0.05, 0.1) is 43.8 Å². The lowest BCUT2D eigenvalue weighted by atomic mass is 9.82. The van der Waals surface area contributed by atoms with Crippen LogP contribution in [0, 0.1) is 5.92 Å². The largest absolute Gasteiger partial charge is 0.416 e. The van der Waals surface area contributed by atoms with Crippen LogP contribution in [0.5, 0.6) is 0 Å². The fraction of sp³-hybridized carbons (Fsp3) is 0.400. The molecule has 1 fully saturated rings. The van der Waals surface area contributed by atoms with E-state index in [2.05, 4.69) is 0 Å². The van der Waals surface area contributed by atoms with Crippen LogP contribution in [0.1, 0.15) is 46.3 Å². The van der Waals surface area contributed by atoms with Gasteiger partial charge in [0.25, 0.3) is 10.1 Å². The average molecular weight is 633 g/mol. The van der Waals surface area contributed by atoms with Gasteiger partial charge in [-0.3, -0.25) is 4.18 Å². The summed E-state index contributed by atoms with van der Waals surface area (Å²) in [6.45, 7) is -0.592. The van der Waals surface area contributed by atoms with E-state index in [4.69, 9.17) is 18.4 Å². The zero-order valence-electron chi connectivity index (χ0n) is 23.0. The summed E-state index contributed by atoms with van der Waals surface area (Å²) in [4.78, 5) is 0. The highest BCUT2D eigenvalue weighted by Crippen LogP contribution is 2.40. The Labute approximate surface area is 245 Å². The second-order valence-corrected chi connectivity index (χ2v) is 11.8. The van der Waals surface area contributed by atoms with Crippen molar-refractivity contribution in [2.75, 3.05) is 26.1 Å². The van der Waals surface area contributed by atoms with E-state index in [1.807, 2.05) is 0 Å². The molecule has 0 N–H and O–H groups in total. The van der Waals surface area contributed by atoms with E-state index in [9.17, 15) is 34.8 Å². The molecule has 0 aliphatic carbocycles. The molecule has 0 amide bonds. The Morgan fingerprint density at radius 3 is 2.02 bits per heavy atom. The van der Waals surface area contributed by atoms with Crippen LogP contribution in [0.15, 0.2) is 78.9 Å². The fourth-order valence-corrected chi connectivity index (χ4v) is 5.28. The first-order valence-corrected chi connectivity index (χ1v) is 15.1. The van der Waals surface area contributed by atoms with Gasteiger partial charge in [-0.2, -0.15) is 34.8 Å². The standard InChI is InChI=1S/C30H30F6O6S/c1-43(37,38)42-18-22-12-13-39-28(27(22)21-10-6-3-7-11-21)41-19-26(40-17-20-8-4-2-5-9-20)23-14-24(29(31,32)33)16-25(15-23)30(34,35)36/h2-11,14-16,22,26-28H,12-13,17-19H2,1H3/t22-,26?,27-,28+/m0/s1. The van der Waals surface area contributed by atoms with Crippen molar-refractivity contribution in [3.63, 3.8) is 0 Å². The summed E-state index contributed by atoms with van der Waals surface area (Å²) < 4.78 is 128. The SMILES string of the molecule is CS(=O)(=O)OC[C@@H]1CCO[C@H](OCC(OCc2ccccc2)c2cc(C(F)(F)F)cc(C(F)(F)F)c2)[C@H]1c1ccccc1. The molecule has 1 unspecified atom stereocenters. The Morgan fingerprint density at radius 1 is 0.884 bits per heavy atom. The molecule has 0 bridgehead atoms. The Morgan fingerprint density at radius 2 is 1.47 bits per heavy atom. The van der Waals surface area contributed by atoms with E-state index in [0.29, 0.717) is 24.1 Å². The zero-order valence-corrected chi connectivity index (χ0v) is 23.8. The molecule has 1 aliphatic heterocycles. The van der Waals surface area contributed by atoms with Gasteiger partial charge in [0.15, 0.2) is 6.29 Å². The van der Waals surface area contributed by atoms with Crippen LogP contribution in [0.3, 0.4) is 0 Å². The number of rotatable bonds is 11. The summed E-state index contributed by atoms with van der Waals surface area (Å²) in [7, 11) is -3.76.